The van der Waals surface area contributed by atoms with Crippen molar-refractivity contribution in [2.75, 3.05) is 0 Å². The summed E-state index contributed by atoms with van der Waals surface area (Å²) in [6.07, 6.45) is 2.54. The molecule has 1 heterocycles. The van der Waals surface area contributed by atoms with E-state index < -0.39 is 23.5 Å². The van der Waals surface area contributed by atoms with Gasteiger partial charge in [-0.3, -0.25) is 4.79 Å². The van der Waals surface area contributed by atoms with Crippen LogP contribution in [0.5, 0.6) is 0 Å². The summed E-state index contributed by atoms with van der Waals surface area (Å²) in [5, 5.41) is 9.75. The lowest BCUT2D eigenvalue weighted by molar-refractivity contribution is -0.158. The molecule has 0 spiro atoms. The van der Waals surface area contributed by atoms with E-state index in [0.29, 0.717) is 0 Å². The first-order chi connectivity index (χ1) is 6.06. The van der Waals surface area contributed by atoms with Crippen LogP contribution in [0.25, 0.3) is 0 Å². The van der Waals surface area contributed by atoms with E-state index in [1.807, 2.05) is 0 Å². The summed E-state index contributed by atoms with van der Waals surface area (Å²) in [4.78, 5) is 22.1. The van der Waals surface area contributed by atoms with Gasteiger partial charge in [-0.2, -0.15) is 0 Å². The highest BCUT2D eigenvalue weighted by atomic mass is 16.6. The first-order valence-electron chi connectivity index (χ1n) is 3.78. The molecule has 0 aromatic heterocycles. The van der Waals surface area contributed by atoms with Crippen molar-refractivity contribution in [3.05, 3.63) is 25.3 Å². The molecule has 2 unspecified atom stereocenters. The van der Waals surface area contributed by atoms with Gasteiger partial charge in [0.25, 0.3) is 0 Å². The third kappa shape index (κ3) is 1.29. The standard InChI is InChI=1S/C9H10O4/c1-3-5-9(12)6(4-2)7(10)13-8(9)11/h3-4,6,12H,1-2,5H2. The van der Waals surface area contributed by atoms with E-state index in [2.05, 4.69) is 17.9 Å². The zero-order chi connectivity index (χ0) is 10.1. The molecule has 0 bridgehead atoms. The monoisotopic (exact) mass is 182 g/mol. The van der Waals surface area contributed by atoms with E-state index in [9.17, 15) is 14.7 Å². The molecule has 0 aromatic carbocycles. The first kappa shape index (κ1) is 9.67. The van der Waals surface area contributed by atoms with E-state index in [4.69, 9.17) is 0 Å². The molecule has 1 aliphatic rings. The number of cyclic esters (lactones) is 2. The minimum absolute atomic E-state index is 0.0196. The van der Waals surface area contributed by atoms with Gasteiger partial charge in [0.05, 0.1) is 0 Å². The number of hydrogen-bond acceptors (Lipinski definition) is 4. The molecule has 1 fully saturated rings. The Bertz CT molecular complexity index is 281. The average molecular weight is 182 g/mol. The smallest absolute Gasteiger partial charge is 0.347 e. The molecule has 0 radical (unpaired) electrons. The molecule has 4 nitrogen and oxygen atoms in total. The van der Waals surface area contributed by atoms with Crippen LogP contribution in [0.3, 0.4) is 0 Å². The predicted molar refractivity (Wildman–Crippen MR) is 44.5 cm³/mol. The number of rotatable bonds is 3. The molecule has 0 saturated carbocycles. The average Bonchev–Trinajstić information content (AvgIpc) is 2.24. The maximum absolute atomic E-state index is 11.1. The minimum atomic E-state index is -1.80. The van der Waals surface area contributed by atoms with Crippen LogP contribution >= 0.6 is 0 Å². The number of carbonyl (C=O) groups is 2. The summed E-state index contributed by atoms with van der Waals surface area (Å²) in [5.41, 5.74) is -1.80. The van der Waals surface area contributed by atoms with Gasteiger partial charge in [0.15, 0.2) is 5.60 Å². The van der Waals surface area contributed by atoms with E-state index >= 15 is 0 Å². The number of carbonyl (C=O) groups excluding carboxylic acids is 2. The van der Waals surface area contributed by atoms with Gasteiger partial charge < -0.3 is 9.84 Å². The van der Waals surface area contributed by atoms with Crippen LogP contribution < -0.4 is 0 Å². The SMILES string of the molecule is C=CCC1(O)C(=O)OC(=O)C1C=C. The molecule has 1 saturated heterocycles. The summed E-state index contributed by atoms with van der Waals surface area (Å²) in [6.45, 7) is 6.74. The summed E-state index contributed by atoms with van der Waals surface area (Å²) in [7, 11) is 0. The fourth-order valence-corrected chi connectivity index (χ4v) is 1.29. The van der Waals surface area contributed by atoms with Crippen LogP contribution in [0, 0.1) is 5.92 Å². The van der Waals surface area contributed by atoms with Crippen molar-refractivity contribution in [2.45, 2.75) is 12.0 Å². The molecule has 1 aliphatic heterocycles. The van der Waals surface area contributed by atoms with Crippen LogP contribution in [0.15, 0.2) is 25.3 Å². The fourth-order valence-electron chi connectivity index (χ4n) is 1.29. The van der Waals surface area contributed by atoms with E-state index in [-0.39, 0.29) is 6.42 Å². The lowest BCUT2D eigenvalue weighted by atomic mass is 9.87. The van der Waals surface area contributed by atoms with Gasteiger partial charge in [-0.25, -0.2) is 4.79 Å². The molecule has 0 aromatic rings. The maximum Gasteiger partial charge on any atom is 0.347 e. The Balaban J connectivity index is 3.04. The summed E-state index contributed by atoms with van der Waals surface area (Å²) in [5.74, 6) is -2.68. The largest absolute Gasteiger partial charge is 0.390 e. The quantitative estimate of drug-likeness (QED) is 0.384. The van der Waals surface area contributed by atoms with Gasteiger partial charge in [-0.1, -0.05) is 12.2 Å². The Hall–Kier alpha value is -1.42. The topological polar surface area (TPSA) is 63.6 Å². The molecular weight excluding hydrogens is 172 g/mol. The van der Waals surface area contributed by atoms with Gasteiger partial charge in [-0.05, 0) is 0 Å². The van der Waals surface area contributed by atoms with Crippen LogP contribution in [0.4, 0.5) is 0 Å². The highest BCUT2D eigenvalue weighted by molar-refractivity contribution is 6.02. The maximum atomic E-state index is 11.1. The Morgan fingerprint density at radius 2 is 2.15 bits per heavy atom. The Morgan fingerprint density at radius 3 is 2.62 bits per heavy atom. The number of ether oxygens (including phenoxy) is 1. The molecule has 0 amide bonds. The predicted octanol–water partition coefficient (Wildman–Crippen LogP) is 0.179. The van der Waals surface area contributed by atoms with Crippen molar-refractivity contribution < 1.29 is 19.4 Å². The van der Waals surface area contributed by atoms with Crippen LogP contribution in [0.1, 0.15) is 6.42 Å². The second-order valence-corrected chi connectivity index (χ2v) is 2.84. The summed E-state index contributed by atoms with van der Waals surface area (Å²) in [6, 6.07) is 0. The van der Waals surface area contributed by atoms with Gasteiger partial charge in [-0.15, -0.1) is 13.2 Å². The second kappa shape index (κ2) is 3.14. The third-order valence-corrected chi connectivity index (χ3v) is 2.01. The third-order valence-electron chi connectivity index (χ3n) is 2.01. The lowest BCUT2D eigenvalue weighted by Gasteiger charge is -2.18. The van der Waals surface area contributed by atoms with Crippen LogP contribution in [0.2, 0.25) is 0 Å². The molecule has 4 heteroatoms. The molecule has 70 valence electrons. The minimum Gasteiger partial charge on any atom is -0.390 e. The molecule has 0 aliphatic carbocycles. The van der Waals surface area contributed by atoms with E-state index in [1.54, 1.807) is 0 Å². The molecule has 1 N–H and O–H groups in total. The van der Waals surface area contributed by atoms with E-state index in [1.165, 1.54) is 12.2 Å². The Kier molecular flexibility index (Phi) is 2.34. The van der Waals surface area contributed by atoms with Crippen molar-refractivity contribution in [1.82, 2.24) is 0 Å². The zero-order valence-electron chi connectivity index (χ0n) is 7.03. The summed E-state index contributed by atoms with van der Waals surface area (Å²) >= 11 is 0. The number of aliphatic hydroxyl groups is 1. The normalized spacial score (nSPS) is 32.8. The van der Waals surface area contributed by atoms with Gasteiger partial charge in [0.1, 0.15) is 5.92 Å². The molecule has 1 rings (SSSR count). The highest BCUT2D eigenvalue weighted by Gasteiger charge is 2.54. The first-order valence-corrected chi connectivity index (χ1v) is 3.78. The fraction of sp³-hybridized carbons (Fsp3) is 0.333. The van der Waals surface area contributed by atoms with Crippen molar-refractivity contribution in [2.24, 2.45) is 5.92 Å². The summed E-state index contributed by atoms with van der Waals surface area (Å²) < 4.78 is 4.29. The molecular formula is C9H10O4. The van der Waals surface area contributed by atoms with E-state index in [0.717, 1.165) is 0 Å². The Morgan fingerprint density at radius 1 is 1.54 bits per heavy atom. The second-order valence-electron chi connectivity index (χ2n) is 2.84. The molecule has 13 heavy (non-hydrogen) atoms. The highest BCUT2D eigenvalue weighted by Crippen LogP contribution is 2.32. The van der Waals surface area contributed by atoms with Crippen LogP contribution in [-0.2, 0) is 14.3 Å². The van der Waals surface area contributed by atoms with Gasteiger partial charge in [0, 0.05) is 6.42 Å². The van der Waals surface area contributed by atoms with Crippen molar-refractivity contribution in [3.8, 4) is 0 Å². The number of esters is 2. The van der Waals surface area contributed by atoms with Gasteiger partial charge in [0.2, 0.25) is 0 Å². The van der Waals surface area contributed by atoms with Crippen LogP contribution in [-0.4, -0.2) is 22.6 Å². The zero-order valence-corrected chi connectivity index (χ0v) is 7.03. The van der Waals surface area contributed by atoms with Gasteiger partial charge >= 0.3 is 11.9 Å². The Labute approximate surface area is 75.5 Å². The lowest BCUT2D eigenvalue weighted by Crippen LogP contribution is -2.40. The van der Waals surface area contributed by atoms with Crippen molar-refractivity contribution in [1.29, 1.82) is 0 Å². The van der Waals surface area contributed by atoms with Crippen molar-refractivity contribution >= 4 is 11.9 Å². The molecule has 2 atom stereocenters. The number of hydrogen-bond donors (Lipinski definition) is 1. The van der Waals surface area contributed by atoms with Crippen molar-refractivity contribution in [3.63, 3.8) is 0 Å².